The van der Waals surface area contributed by atoms with Gasteiger partial charge < -0.3 is 4.57 Å². The van der Waals surface area contributed by atoms with Crippen molar-refractivity contribution in [2.45, 2.75) is 25.2 Å². The van der Waals surface area contributed by atoms with Crippen LogP contribution in [0.3, 0.4) is 0 Å². The van der Waals surface area contributed by atoms with Crippen molar-refractivity contribution in [3.63, 3.8) is 0 Å². The monoisotopic (exact) mass is 651 g/mol. The molecule has 0 saturated heterocycles. The van der Waals surface area contributed by atoms with Gasteiger partial charge in [-0.25, -0.2) is 0 Å². The first-order chi connectivity index (χ1) is 25.2. The van der Waals surface area contributed by atoms with Crippen molar-refractivity contribution < 1.29 is 0 Å². The molecule has 242 valence electrons. The molecule has 2 unspecified atom stereocenters. The van der Waals surface area contributed by atoms with E-state index in [0.29, 0.717) is 11.8 Å². The third-order valence-electron chi connectivity index (χ3n) is 11.4. The lowest BCUT2D eigenvalue weighted by atomic mass is 9.77. The fourth-order valence-corrected chi connectivity index (χ4v) is 8.85. The van der Waals surface area contributed by atoms with Crippen LogP contribution in [0.1, 0.15) is 35.4 Å². The van der Waals surface area contributed by atoms with Crippen LogP contribution < -0.4 is 0 Å². The average molecular weight is 652 g/mol. The second-order valence-electron chi connectivity index (χ2n) is 14.1. The maximum absolute atomic E-state index is 2.46. The minimum atomic E-state index is 0.340. The minimum Gasteiger partial charge on any atom is -0.309 e. The van der Waals surface area contributed by atoms with Gasteiger partial charge in [-0.15, -0.1) is 0 Å². The fourth-order valence-electron chi connectivity index (χ4n) is 8.85. The van der Waals surface area contributed by atoms with E-state index in [9.17, 15) is 0 Å². The first kappa shape index (κ1) is 29.7. The van der Waals surface area contributed by atoms with Crippen LogP contribution in [-0.4, -0.2) is 4.57 Å². The zero-order valence-corrected chi connectivity index (χ0v) is 28.6. The van der Waals surface area contributed by atoms with E-state index < -0.39 is 0 Å². The summed E-state index contributed by atoms with van der Waals surface area (Å²) in [5, 5.41) is 5.06. The van der Waals surface area contributed by atoms with Gasteiger partial charge in [0.25, 0.3) is 0 Å². The van der Waals surface area contributed by atoms with Crippen molar-refractivity contribution >= 4 is 32.6 Å². The number of fused-ring (bicyclic) bond motifs is 7. The molecule has 0 fully saturated rings. The number of rotatable bonds is 4. The maximum Gasteiger partial charge on any atom is 0.0541 e. The Labute approximate surface area is 299 Å². The summed E-state index contributed by atoms with van der Waals surface area (Å²) < 4.78 is 2.44. The smallest absolute Gasteiger partial charge is 0.0541 e. The molecule has 1 aliphatic rings. The summed E-state index contributed by atoms with van der Waals surface area (Å²) in [6, 6.07) is 67.4. The Morgan fingerprint density at radius 1 is 0.431 bits per heavy atom. The fraction of sp³-hybridized carbons (Fsp3) is 0.0800. The molecule has 0 saturated carbocycles. The van der Waals surface area contributed by atoms with Gasteiger partial charge in [-0.2, -0.15) is 0 Å². The first-order valence-corrected chi connectivity index (χ1v) is 18.1. The van der Waals surface area contributed by atoms with Crippen molar-refractivity contribution in [3.05, 3.63) is 199 Å². The van der Waals surface area contributed by atoms with Gasteiger partial charge in [0.2, 0.25) is 0 Å². The summed E-state index contributed by atoms with van der Waals surface area (Å²) in [5.74, 6) is 0.693. The Morgan fingerprint density at radius 2 is 1.10 bits per heavy atom. The van der Waals surface area contributed by atoms with Crippen molar-refractivity contribution in [2.24, 2.45) is 0 Å². The summed E-state index contributed by atoms with van der Waals surface area (Å²) in [6.07, 6.45) is 1.00. The van der Waals surface area contributed by atoms with Crippen LogP contribution >= 0.6 is 0 Å². The molecule has 0 amide bonds. The van der Waals surface area contributed by atoms with Gasteiger partial charge in [-0.3, -0.25) is 0 Å². The predicted molar refractivity (Wildman–Crippen MR) is 216 cm³/mol. The molecule has 10 rings (SSSR count). The van der Waals surface area contributed by atoms with E-state index >= 15 is 0 Å². The average Bonchev–Trinajstić information content (AvgIpc) is 3.47. The van der Waals surface area contributed by atoms with Gasteiger partial charge >= 0.3 is 0 Å². The molecule has 0 bridgehead atoms. The Balaban J connectivity index is 1.12. The highest BCUT2D eigenvalue weighted by Gasteiger charge is 2.30. The lowest BCUT2D eigenvalue weighted by molar-refractivity contribution is 0.580. The van der Waals surface area contributed by atoms with Crippen molar-refractivity contribution in [3.8, 4) is 39.1 Å². The zero-order valence-electron chi connectivity index (χ0n) is 28.6. The van der Waals surface area contributed by atoms with Gasteiger partial charge in [0.1, 0.15) is 0 Å². The van der Waals surface area contributed by atoms with Gasteiger partial charge in [0.15, 0.2) is 0 Å². The number of aromatic nitrogens is 1. The third-order valence-corrected chi connectivity index (χ3v) is 11.4. The highest BCUT2D eigenvalue weighted by atomic mass is 15.0. The van der Waals surface area contributed by atoms with E-state index in [4.69, 9.17) is 0 Å². The molecule has 0 aliphatic heterocycles. The highest BCUT2D eigenvalue weighted by molar-refractivity contribution is 6.11. The number of nitrogens with zero attached hydrogens (tertiary/aromatic N) is 1. The first-order valence-electron chi connectivity index (χ1n) is 18.1. The van der Waals surface area contributed by atoms with Gasteiger partial charge in [0.05, 0.1) is 16.7 Å². The summed E-state index contributed by atoms with van der Waals surface area (Å²) in [5.41, 5.74) is 15.8. The van der Waals surface area contributed by atoms with Crippen LogP contribution in [-0.2, 0) is 6.42 Å². The second-order valence-corrected chi connectivity index (χ2v) is 14.1. The topological polar surface area (TPSA) is 4.93 Å². The van der Waals surface area contributed by atoms with Gasteiger partial charge in [0, 0.05) is 16.2 Å². The molecular weight excluding hydrogens is 615 g/mol. The molecule has 8 aromatic carbocycles. The maximum atomic E-state index is 2.46. The number of hydrogen-bond donors (Lipinski definition) is 0. The Bertz CT molecular complexity index is 2740. The lowest BCUT2D eigenvalue weighted by Gasteiger charge is -2.26. The van der Waals surface area contributed by atoms with Crippen LogP contribution in [0.4, 0.5) is 0 Å². The SMILES string of the molecule is CC1c2ccc(-c3ccc4c(c3)c3ccccc3n4-c3cccc4ccccc34)cc2-c2ccccc2CC1c1ccccc1-c1ccccc1. The van der Waals surface area contributed by atoms with Gasteiger partial charge in [-0.05, 0) is 104 Å². The summed E-state index contributed by atoms with van der Waals surface area (Å²) in [4.78, 5) is 0. The zero-order chi connectivity index (χ0) is 33.9. The van der Waals surface area contributed by atoms with E-state index in [-0.39, 0.29) is 0 Å². The molecule has 2 atom stereocenters. The Morgan fingerprint density at radius 3 is 2.00 bits per heavy atom. The van der Waals surface area contributed by atoms with Gasteiger partial charge in [-0.1, -0.05) is 159 Å². The highest BCUT2D eigenvalue weighted by Crippen LogP contribution is 2.48. The number of benzene rings is 8. The van der Waals surface area contributed by atoms with E-state index in [1.165, 1.54) is 88.3 Å². The van der Waals surface area contributed by atoms with E-state index in [2.05, 4.69) is 193 Å². The molecule has 1 heteroatoms. The molecular formula is C50H37N. The molecule has 0 N–H and O–H groups in total. The van der Waals surface area contributed by atoms with Crippen molar-refractivity contribution in [1.82, 2.24) is 4.57 Å². The molecule has 1 aromatic heterocycles. The van der Waals surface area contributed by atoms with Crippen LogP contribution in [0.25, 0.3) is 71.6 Å². The standard InChI is InChI=1S/C50H37N/c1-33-39-28-26-36(30-46(39)41-20-7-6-17-38(41)32-45(33)43-22-10-9-19-40(43)34-14-3-2-4-15-34)37-27-29-50-47(31-37)44-23-11-12-24-49(44)51(50)48-25-13-18-35-16-5-8-21-42(35)48/h2-31,33,45H,32H2,1H3. The van der Waals surface area contributed by atoms with Crippen LogP contribution in [0.2, 0.25) is 0 Å². The normalized spacial score (nSPS) is 15.5. The van der Waals surface area contributed by atoms with E-state index in [1.54, 1.807) is 0 Å². The molecule has 0 radical (unpaired) electrons. The molecule has 1 heterocycles. The number of hydrogen-bond acceptors (Lipinski definition) is 0. The van der Waals surface area contributed by atoms with Crippen LogP contribution in [0, 0.1) is 0 Å². The Hall–Kier alpha value is -6.18. The molecule has 1 aliphatic carbocycles. The van der Waals surface area contributed by atoms with Crippen LogP contribution in [0.15, 0.2) is 182 Å². The van der Waals surface area contributed by atoms with E-state index in [0.717, 1.165) is 6.42 Å². The predicted octanol–water partition coefficient (Wildman–Crippen LogP) is 13.4. The lowest BCUT2D eigenvalue weighted by Crippen LogP contribution is -2.11. The van der Waals surface area contributed by atoms with E-state index in [1.807, 2.05) is 0 Å². The molecule has 1 nitrogen and oxygen atoms in total. The third kappa shape index (κ3) is 4.84. The van der Waals surface area contributed by atoms with Crippen molar-refractivity contribution in [2.75, 3.05) is 0 Å². The molecule has 0 spiro atoms. The Kier molecular flexibility index (Phi) is 6.99. The summed E-state index contributed by atoms with van der Waals surface area (Å²) in [6.45, 7) is 2.44. The summed E-state index contributed by atoms with van der Waals surface area (Å²) >= 11 is 0. The molecule has 9 aromatic rings. The molecule has 51 heavy (non-hydrogen) atoms. The number of para-hydroxylation sites is 1. The van der Waals surface area contributed by atoms with Crippen molar-refractivity contribution in [1.29, 1.82) is 0 Å². The summed E-state index contributed by atoms with van der Waals surface area (Å²) in [7, 11) is 0. The van der Waals surface area contributed by atoms with Crippen LogP contribution in [0.5, 0.6) is 0 Å². The minimum absolute atomic E-state index is 0.340. The second kappa shape index (κ2) is 12.0. The quantitative estimate of drug-likeness (QED) is 0.178. The largest absolute Gasteiger partial charge is 0.309 e.